The molecule has 1 aromatic carbocycles. The molecule has 0 atom stereocenters. The molecule has 2 aromatic rings. The summed E-state index contributed by atoms with van der Waals surface area (Å²) in [5, 5.41) is 0. The van der Waals surface area contributed by atoms with E-state index < -0.39 is 0 Å². The lowest BCUT2D eigenvalue weighted by Gasteiger charge is -2.13. The van der Waals surface area contributed by atoms with Gasteiger partial charge < -0.3 is 5.73 Å². The van der Waals surface area contributed by atoms with Gasteiger partial charge in [0.25, 0.3) is 0 Å². The number of aromatic nitrogens is 2. The van der Waals surface area contributed by atoms with Gasteiger partial charge in [-0.2, -0.15) is 0 Å². The molecule has 0 bridgehead atoms. The van der Waals surface area contributed by atoms with Crippen LogP contribution in [-0.4, -0.2) is 9.97 Å². The van der Waals surface area contributed by atoms with E-state index in [1.54, 1.807) is 0 Å². The maximum absolute atomic E-state index is 5.74. The Bertz CT molecular complexity index is 571. The molecule has 0 amide bonds. The summed E-state index contributed by atoms with van der Waals surface area (Å²) < 4.78 is 0. The monoisotopic (exact) mass is 253 g/mol. The minimum atomic E-state index is 0.418. The van der Waals surface area contributed by atoms with Crippen molar-refractivity contribution >= 4 is 0 Å². The van der Waals surface area contributed by atoms with Crippen molar-refractivity contribution < 1.29 is 0 Å². The van der Waals surface area contributed by atoms with Crippen molar-refractivity contribution in [2.45, 2.75) is 39.2 Å². The Hall–Kier alpha value is -1.74. The molecule has 3 heteroatoms. The standard InChI is InChI=1S/C16H19N3/c1-10-15(9-17)11(2)19-16(18-10)14-7-12-5-3-4-6-13(12)8-14/h3-6,14H,7-9,17H2,1-2H3. The Morgan fingerprint density at radius 1 is 1.05 bits per heavy atom. The molecular weight excluding hydrogens is 234 g/mol. The predicted octanol–water partition coefficient (Wildman–Crippen LogP) is 2.43. The van der Waals surface area contributed by atoms with Crippen molar-refractivity contribution in [3.63, 3.8) is 0 Å². The van der Waals surface area contributed by atoms with Crippen LogP contribution >= 0.6 is 0 Å². The summed E-state index contributed by atoms with van der Waals surface area (Å²) >= 11 is 0. The summed E-state index contributed by atoms with van der Waals surface area (Å²) in [5.74, 6) is 1.39. The summed E-state index contributed by atoms with van der Waals surface area (Å²) in [6.07, 6.45) is 2.11. The van der Waals surface area contributed by atoms with E-state index in [0.29, 0.717) is 12.5 Å². The molecule has 19 heavy (non-hydrogen) atoms. The van der Waals surface area contributed by atoms with Gasteiger partial charge in [0.05, 0.1) is 0 Å². The largest absolute Gasteiger partial charge is 0.326 e. The van der Waals surface area contributed by atoms with Crippen LogP contribution in [0.4, 0.5) is 0 Å². The predicted molar refractivity (Wildman–Crippen MR) is 76.0 cm³/mol. The molecule has 0 radical (unpaired) electrons. The highest BCUT2D eigenvalue weighted by atomic mass is 14.9. The first-order chi connectivity index (χ1) is 9.19. The highest BCUT2D eigenvalue weighted by Gasteiger charge is 2.25. The van der Waals surface area contributed by atoms with Crippen LogP contribution in [0.25, 0.3) is 0 Å². The van der Waals surface area contributed by atoms with Crippen LogP contribution in [0.2, 0.25) is 0 Å². The molecule has 1 aliphatic rings. The third-order valence-electron chi connectivity index (χ3n) is 4.06. The van der Waals surface area contributed by atoms with Crippen LogP contribution in [0, 0.1) is 13.8 Å². The summed E-state index contributed by atoms with van der Waals surface area (Å²) in [4.78, 5) is 9.36. The normalized spacial score (nSPS) is 14.7. The lowest BCUT2D eigenvalue weighted by molar-refractivity contribution is 0.668. The molecule has 0 fully saturated rings. The van der Waals surface area contributed by atoms with Crippen LogP contribution in [0.5, 0.6) is 0 Å². The maximum Gasteiger partial charge on any atom is 0.132 e. The van der Waals surface area contributed by atoms with Gasteiger partial charge in [0.15, 0.2) is 0 Å². The third kappa shape index (κ3) is 2.15. The van der Waals surface area contributed by atoms with Gasteiger partial charge in [-0.1, -0.05) is 24.3 Å². The second-order valence-corrected chi connectivity index (χ2v) is 5.31. The Morgan fingerprint density at radius 3 is 2.05 bits per heavy atom. The van der Waals surface area contributed by atoms with Crippen LogP contribution in [0.15, 0.2) is 24.3 Å². The molecule has 98 valence electrons. The van der Waals surface area contributed by atoms with Crippen LogP contribution in [0.1, 0.15) is 39.8 Å². The molecule has 3 nitrogen and oxygen atoms in total. The zero-order valence-corrected chi connectivity index (χ0v) is 11.5. The van der Waals surface area contributed by atoms with Crippen molar-refractivity contribution in [2.75, 3.05) is 0 Å². The van der Waals surface area contributed by atoms with Crippen LogP contribution < -0.4 is 5.73 Å². The molecule has 1 heterocycles. The minimum Gasteiger partial charge on any atom is -0.326 e. The van der Waals surface area contributed by atoms with E-state index in [1.165, 1.54) is 11.1 Å². The van der Waals surface area contributed by atoms with Crippen LogP contribution in [0.3, 0.4) is 0 Å². The molecular formula is C16H19N3. The topological polar surface area (TPSA) is 51.8 Å². The molecule has 0 saturated heterocycles. The SMILES string of the molecule is Cc1nc(C2Cc3ccccc3C2)nc(C)c1CN. The first-order valence-corrected chi connectivity index (χ1v) is 6.80. The lowest BCUT2D eigenvalue weighted by atomic mass is 10.0. The average Bonchev–Trinajstić information content (AvgIpc) is 2.82. The minimum absolute atomic E-state index is 0.418. The smallest absolute Gasteiger partial charge is 0.132 e. The molecule has 0 aliphatic heterocycles. The molecule has 0 spiro atoms. The number of nitrogens with zero attached hydrogens (tertiary/aromatic N) is 2. The van der Waals surface area contributed by atoms with E-state index in [-0.39, 0.29) is 0 Å². The molecule has 0 saturated carbocycles. The Balaban J connectivity index is 1.94. The van der Waals surface area contributed by atoms with Crippen molar-refractivity contribution in [1.29, 1.82) is 0 Å². The number of fused-ring (bicyclic) bond motifs is 1. The molecule has 0 unspecified atom stereocenters. The number of aryl methyl sites for hydroxylation is 2. The molecule has 1 aromatic heterocycles. The van der Waals surface area contributed by atoms with Gasteiger partial charge in [0, 0.05) is 29.4 Å². The number of rotatable bonds is 2. The Morgan fingerprint density at radius 2 is 1.58 bits per heavy atom. The lowest BCUT2D eigenvalue weighted by Crippen LogP contribution is -2.12. The van der Waals surface area contributed by atoms with Crippen molar-refractivity contribution in [3.8, 4) is 0 Å². The second-order valence-electron chi connectivity index (χ2n) is 5.31. The summed E-state index contributed by atoms with van der Waals surface area (Å²) in [6.45, 7) is 4.58. The van der Waals surface area contributed by atoms with E-state index in [1.807, 2.05) is 13.8 Å². The highest BCUT2D eigenvalue weighted by Crippen LogP contribution is 2.32. The third-order valence-corrected chi connectivity index (χ3v) is 4.06. The van der Waals surface area contributed by atoms with E-state index in [2.05, 4.69) is 34.2 Å². The number of benzene rings is 1. The van der Waals surface area contributed by atoms with E-state index in [4.69, 9.17) is 5.73 Å². The fourth-order valence-electron chi connectivity index (χ4n) is 2.98. The van der Waals surface area contributed by atoms with Gasteiger partial charge in [-0.05, 0) is 37.8 Å². The highest BCUT2D eigenvalue weighted by molar-refractivity contribution is 5.36. The zero-order chi connectivity index (χ0) is 13.4. The van der Waals surface area contributed by atoms with Gasteiger partial charge in [-0.25, -0.2) is 9.97 Å². The fraction of sp³-hybridized carbons (Fsp3) is 0.375. The summed E-state index contributed by atoms with van der Waals surface area (Å²) in [6, 6.07) is 8.64. The molecule has 2 N–H and O–H groups in total. The van der Waals surface area contributed by atoms with Crippen LogP contribution in [-0.2, 0) is 19.4 Å². The Labute approximate surface area is 113 Å². The summed E-state index contributed by atoms with van der Waals surface area (Å²) in [7, 11) is 0. The zero-order valence-electron chi connectivity index (χ0n) is 11.5. The van der Waals surface area contributed by atoms with Gasteiger partial charge in [0.2, 0.25) is 0 Å². The fourth-order valence-corrected chi connectivity index (χ4v) is 2.98. The number of nitrogens with two attached hydrogens (primary N) is 1. The second kappa shape index (κ2) is 4.74. The van der Waals surface area contributed by atoms with Gasteiger partial charge in [0.1, 0.15) is 5.82 Å². The average molecular weight is 253 g/mol. The van der Waals surface area contributed by atoms with Gasteiger partial charge in [-0.3, -0.25) is 0 Å². The van der Waals surface area contributed by atoms with Crippen molar-refractivity contribution in [1.82, 2.24) is 9.97 Å². The number of hydrogen-bond acceptors (Lipinski definition) is 3. The van der Waals surface area contributed by atoms with E-state index in [9.17, 15) is 0 Å². The van der Waals surface area contributed by atoms with Gasteiger partial charge >= 0.3 is 0 Å². The molecule has 3 rings (SSSR count). The summed E-state index contributed by atoms with van der Waals surface area (Å²) in [5.41, 5.74) is 11.8. The van der Waals surface area contributed by atoms with E-state index in [0.717, 1.165) is 35.6 Å². The van der Waals surface area contributed by atoms with Crippen molar-refractivity contribution in [3.05, 3.63) is 58.2 Å². The Kier molecular flexibility index (Phi) is 3.07. The van der Waals surface area contributed by atoms with E-state index >= 15 is 0 Å². The van der Waals surface area contributed by atoms with Crippen molar-refractivity contribution in [2.24, 2.45) is 5.73 Å². The maximum atomic E-state index is 5.74. The number of hydrogen-bond donors (Lipinski definition) is 1. The molecule has 1 aliphatic carbocycles. The van der Waals surface area contributed by atoms with Gasteiger partial charge in [-0.15, -0.1) is 0 Å². The first kappa shape index (κ1) is 12.3. The first-order valence-electron chi connectivity index (χ1n) is 6.80. The quantitative estimate of drug-likeness (QED) is 0.894.